The Morgan fingerprint density at radius 2 is 1.68 bits per heavy atom. The predicted molar refractivity (Wildman–Crippen MR) is 78.8 cm³/mol. The average Bonchev–Trinajstić information content (AvgIpc) is 2.73. The molecule has 0 aromatic rings. The fraction of sp³-hybridized carbons (Fsp3) is 1.00. The summed E-state index contributed by atoms with van der Waals surface area (Å²) in [4.78, 5) is 2.67. The van der Waals surface area contributed by atoms with Gasteiger partial charge in [0.25, 0.3) is 0 Å². The molecule has 4 bridgehead atoms. The molecule has 2 N–H and O–H groups in total. The third-order valence-electron chi connectivity index (χ3n) is 6.99. The summed E-state index contributed by atoms with van der Waals surface area (Å²) in [6.07, 6.45) is 11.7. The van der Waals surface area contributed by atoms with E-state index in [9.17, 15) is 0 Å². The molecule has 5 aliphatic rings. The summed E-state index contributed by atoms with van der Waals surface area (Å²) in [6.45, 7) is 4.86. The van der Waals surface area contributed by atoms with Crippen LogP contribution in [0.3, 0.4) is 0 Å². The van der Waals surface area contributed by atoms with Gasteiger partial charge >= 0.3 is 0 Å². The number of rotatable bonds is 3. The maximum atomic E-state index is 6.77. The first-order chi connectivity index (χ1) is 9.14. The van der Waals surface area contributed by atoms with E-state index in [1.807, 2.05) is 0 Å². The van der Waals surface area contributed by atoms with Crippen LogP contribution in [0.5, 0.6) is 0 Å². The van der Waals surface area contributed by atoms with Gasteiger partial charge in [-0.25, -0.2) is 0 Å². The van der Waals surface area contributed by atoms with Gasteiger partial charge in [-0.15, -0.1) is 0 Å². The standard InChI is InChI=1S/C17H30N2/c1-12-3-2-4-19(12)11-16(18)17-8-13-5-14(9-17)7-15(6-13)10-17/h12-16H,2-11,18H2,1H3. The molecule has 2 unspecified atom stereocenters. The Kier molecular flexibility index (Phi) is 2.97. The molecule has 1 saturated heterocycles. The number of likely N-dealkylation sites (tertiary alicyclic amines) is 1. The third kappa shape index (κ3) is 2.06. The highest BCUT2D eigenvalue weighted by Crippen LogP contribution is 2.61. The lowest BCUT2D eigenvalue weighted by Crippen LogP contribution is -2.57. The van der Waals surface area contributed by atoms with Crippen molar-refractivity contribution in [2.45, 2.75) is 70.4 Å². The molecule has 5 fully saturated rings. The fourth-order valence-corrected chi connectivity index (χ4v) is 6.34. The Morgan fingerprint density at radius 1 is 1.11 bits per heavy atom. The molecule has 0 aromatic carbocycles. The number of hydrogen-bond donors (Lipinski definition) is 1. The van der Waals surface area contributed by atoms with Crippen molar-refractivity contribution in [1.29, 1.82) is 0 Å². The summed E-state index contributed by atoms with van der Waals surface area (Å²) in [7, 11) is 0. The Morgan fingerprint density at radius 3 is 2.16 bits per heavy atom. The molecule has 4 aliphatic carbocycles. The molecule has 108 valence electrons. The van der Waals surface area contributed by atoms with E-state index in [1.165, 1.54) is 64.5 Å². The maximum absolute atomic E-state index is 6.77. The van der Waals surface area contributed by atoms with Crippen LogP contribution in [0.2, 0.25) is 0 Å². The van der Waals surface area contributed by atoms with Crippen LogP contribution >= 0.6 is 0 Å². The molecule has 2 atom stereocenters. The van der Waals surface area contributed by atoms with Crippen molar-refractivity contribution in [2.75, 3.05) is 13.1 Å². The number of nitrogens with zero attached hydrogens (tertiary/aromatic N) is 1. The minimum absolute atomic E-state index is 0.446. The molecule has 0 amide bonds. The molecular formula is C17H30N2. The van der Waals surface area contributed by atoms with Crippen molar-refractivity contribution in [3.05, 3.63) is 0 Å². The van der Waals surface area contributed by atoms with Gasteiger partial charge in [-0.1, -0.05) is 0 Å². The van der Waals surface area contributed by atoms with Crippen LogP contribution in [0.1, 0.15) is 58.3 Å². The smallest absolute Gasteiger partial charge is 0.0225 e. The van der Waals surface area contributed by atoms with Crippen LogP contribution in [0.25, 0.3) is 0 Å². The van der Waals surface area contributed by atoms with E-state index >= 15 is 0 Å². The molecule has 2 heteroatoms. The van der Waals surface area contributed by atoms with E-state index < -0.39 is 0 Å². The molecule has 4 saturated carbocycles. The van der Waals surface area contributed by atoms with E-state index in [4.69, 9.17) is 5.73 Å². The highest BCUT2D eigenvalue weighted by atomic mass is 15.2. The van der Waals surface area contributed by atoms with Crippen molar-refractivity contribution in [3.8, 4) is 0 Å². The Balaban J connectivity index is 1.48. The molecule has 0 spiro atoms. The summed E-state index contributed by atoms with van der Waals surface area (Å²) in [5.74, 6) is 3.11. The van der Waals surface area contributed by atoms with Crippen molar-refractivity contribution in [2.24, 2.45) is 28.9 Å². The first-order valence-corrected chi connectivity index (χ1v) is 8.64. The zero-order valence-corrected chi connectivity index (χ0v) is 12.5. The van der Waals surface area contributed by atoms with Gasteiger partial charge in [0.1, 0.15) is 0 Å². The van der Waals surface area contributed by atoms with Gasteiger partial charge in [-0.05, 0) is 88.0 Å². The van der Waals surface area contributed by atoms with Gasteiger partial charge in [0, 0.05) is 18.6 Å². The molecule has 1 aliphatic heterocycles. The lowest BCUT2D eigenvalue weighted by atomic mass is 9.48. The van der Waals surface area contributed by atoms with Crippen molar-refractivity contribution < 1.29 is 0 Å². The summed E-state index contributed by atoms with van der Waals surface area (Å²) < 4.78 is 0. The fourth-order valence-electron chi connectivity index (χ4n) is 6.34. The minimum atomic E-state index is 0.446. The van der Waals surface area contributed by atoms with E-state index in [1.54, 1.807) is 0 Å². The van der Waals surface area contributed by atoms with Crippen molar-refractivity contribution in [1.82, 2.24) is 4.90 Å². The number of nitrogens with two attached hydrogens (primary N) is 1. The second-order valence-electron chi connectivity index (χ2n) is 8.37. The van der Waals surface area contributed by atoms with Gasteiger partial charge in [-0.2, -0.15) is 0 Å². The summed E-state index contributed by atoms with van der Waals surface area (Å²) in [5, 5.41) is 0. The zero-order valence-electron chi connectivity index (χ0n) is 12.5. The highest BCUT2D eigenvalue weighted by Gasteiger charge is 2.53. The third-order valence-corrected chi connectivity index (χ3v) is 6.99. The second kappa shape index (κ2) is 4.46. The van der Waals surface area contributed by atoms with Crippen LogP contribution in [-0.4, -0.2) is 30.1 Å². The first-order valence-electron chi connectivity index (χ1n) is 8.64. The molecular weight excluding hydrogens is 232 g/mol. The molecule has 5 rings (SSSR count). The SMILES string of the molecule is CC1CCCN1CC(N)C12CC3CC(CC(C3)C1)C2. The minimum Gasteiger partial charge on any atom is -0.326 e. The average molecular weight is 262 g/mol. The second-order valence-corrected chi connectivity index (χ2v) is 8.37. The number of hydrogen-bond acceptors (Lipinski definition) is 2. The normalized spacial score (nSPS) is 50.8. The van der Waals surface area contributed by atoms with E-state index in [2.05, 4.69) is 11.8 Å². The van der Waals surface area contributed by atoms with Gasteiger partial charge in [-0.3, -0.25) is 4.90 Å². The van der Waals surface area contributed by atoms with Gasteiger partial charge in [0.05, 0.1) is 0 Å². The highest BCUT2D eigenvalue weighted by molar-refractivity contribution is 5.06. The first kappa shape index (κ1) is 12.6. The molecule has 0 aromatic heterocycles. The molecule has 19 heavy (non-hydrogen) atoms. The van der Waals surface area contributed by atoms with E-state index in [0.29, 0.717) is 11.5 Å². The lowest BCUT2D eigenvalue weighted by Gasteiger charge is -2.59. The monoisotopic (exact) mass is 262 g/mol. The topological polar surface area (TPSA) is 29.3 Å². The Hall–Kier alpha value is -0.0800. The zero-order chi connectivity index (χ0) is 13.0. The Labute approximate surface area is 118 Å². The largest absolute Gasteiger partial charge is 0.326 e. The van der Waals surface area contributed by atoms with Crippen LogP contribution in [-0.2, 0) is 0 Å². The van der Waals surface area contributed by atoms with Crippen LogP contribution < -0.4 is 5.73 Å². The van der Waals surface area contributed by atoms with Crippen LogP contribution in [0.15, 0.2) is 0 Å². The van der Waals surface area contributed by atoms with E-state index in [-0.39, 0.29) is 0 Å². The van der Waals surface area contributed by atoms with Gasteiger partial charge in [0.15, 0.2) is 0 Å². The van der Waals surface area contributed by atoms with E-state index in [0.717, 1.165) is 23.8 Å². The maximum Gasteiger partial charge on any atom is 0.0225 e. The van der Waals surface area contributed by atoms with Crippen molar-refractivity contribution in [3.63, 3.8) is 0 Å². The summed E-state index contributed by atoms with van der Waals surface area (Å²) in [5.41, 5.74) is 7.31. The van der Waals surface area contributed by atoms with Gasteiger partial charge in [0.2, 0.25) is 0 Å². The van der Waals surface area contributed by atoms with Crippen LogP contribution in [0, 0.1) is 23.2 Å². The molecule has 1 heterocycles. The molecule has 0 radical (unpaired) electrons. The lowest BCUT2D eigenvalue weighted by molar-refractivity contribution is -0.0717. The van der Waals surface area contributed by atoms with Crippen LogP contribution in [0.4, 0.5) is 0 Å². The van der Waals surface area contributed by atoms with Crippen molar-refractivity contribution >= 4 is 0 Å². The van der Waals surface area contributed by atoms with Gasteiger partial charge < -0.3 is 5.73 Å². The summed E-state index contributed by atoms with van der Waals surface area (Å²) in [6, 6.07) is 1.22. The Bertz CT molecular complexity index is 316. The quantitative estimate of drug-likeness (QED) is 0.847. The molecule has 2 nitrogen and oxygen atoms in total. The predicted octanol–water partition coefficient (Wildman–Crippen LogP) is 3.01. The summed E-state index contributed by atoms with van der Waals surface area (Å²) >= 11 is 0.